The molecule has 0 bridgehead atoms. The fourth-order valence-corrected chi connectivity index (χ4v) is 3.28. The van der Waals surface area contributed by atoms with Gasteiger partial charge in [-0.05, 0) is 29.8 Å². The summed E-state index contributed by atoms with van der Waals surface area (Å²) in [7, 11) is 1.35. The van der Waals surface area contributed by atoms with Crippen molar-refractivity contribution in [2.45, 2.75) is 6.61 Å². The van der Waals surface area contributed by atoms with E-state index in [9.17, 15) is 9.59 Å². The normalized spacial score (nSPS) is 14.0. The number of nitrogens with zero attached hydrogens (tertiary/aromatic N) is 2. The Morgan fingerprint density at radius 2 is 2.00 bits per heavy atom. The summed E-state index contributed by atoms with van der Waals surface area (Å²) >= 11 is 6.40. The molecule has 0 spiro atoms. The van der Waals surface area contributed by atoms with Crippen LogP contribution in [0.25, 0.3) is 0 Å². The molecule has 1 amide bonds. The second kappa shape index (κ2) is 8.79. The van der Waals surface area contributed by atoms with Gasteiger partial charge in [0.1, 0.15) is 12.4 Å². The Kier molecular flexibility index (Phi) is 6.20. The minimum absolute atomic E-state index is 0.134. The standard InChI is InChI=1S/C19H16N2O4S2/c1-24-18(23)14-8-6-13(7-9-14)11-25-16-5-3-2-4-15(16)10-20-21-17(22)12-27-19(21)26/h2-10H,11-12H2,1H3. The highest BCUT2D eigenvalue weighted by atomic mass is 32.2. The van der Waals surface area contributed by atoms with Gasteiger partial charge in [-0.15, -0.1) is 0 Å². The molecule has 6 nitrogen and oxygen atoms in total. The summed E-state index contributed by atoms with van der Waals surface area (Å²) in [5, 5.41) is 5.40. The van der Waals surface area contributed by atoms with E-state index in [0.29, 0.717) is 28.0 Å². The Morgan fingerprint density at radius 3 is 2.67 bits per heavy atom. The van der Waals surface area contributed by atoms with Crippen LogP contribution in [-0.4, -0.2) is 40.3 Å². The monoisotopic (exact) mass is 400 g/mol. The molecule has 8 heteroatoms. The number of rotatable bonds is 6. The van der Waals surface area contributed by atoms with E-state index in [1.807, 2.05) is 36.4 Å². The Bertz CT molecular complexity index is 881. The number of hydrogen-bond acceptors (Lipinski definition) is 7. The van der Waals surface area contributed by atoms with Gasteiger partial charge in [-0.3, -0.25) is 4.79 Å². The van der Waals surface area contributed by atoms with Crippen molar-refractivity contribution in [1.82, 2.24) is 5.01 Å². The number of methoxy groups -OCH3 is 1. The van der Waals surface area contributed by atoms with Crippen molar-refractivity contribution in [2.24, 2.45) is 5.10 Å². The average Bonchev–Trinajstić information content (AvgIpc) is 3.02. The predicted molar refractivity (Wildman–Crippen MR) is 108 cm³/mol. The zero-order valence-corrected chi connectivity index (χ0v) is 16.1. The highest BCUT2D eigenvalue weighted by molar-refractivity contribution is 8.23. The first-order valence-electron chi connectivity index (χ1n) is 8.01. The molecule has 27 heavy (non-hydrogen) atoms. The zero-order chi connectivity index (χ0) is 19.2. The summed E-state index contributed by atoms with van der Waals surface area (Å²) in [5.74, 6) is 0.431. The van der Waals surface area contributed by atoms with Crippen LogP contribution < -0.4 is 4.74 Å². The fourth-order valence-electron chi connectivity index (χ4n) is 2.31. The maximum absolute atomic E-state index is 11.7. The summed E-state index contributed by atoms with van der Waals surface area (Å²) < 4.78 is 11.0. The van der Waals surface area contributed by atoms with Gasteiger partial charge in [-0.25, -0.2) is 4.79 Å². The lowest BCUT2D eigenvalue weighted by Gasteiger charge is -2.11. The molecule has 1 fully saturated rings. The molecule has 3 rings (SSSR count). The van der Waals surface area contributed by atoms with Crippen LogP contribution in [-0.2, 0) is 16.1 Å². The number of carbonyl (C=O) groups is 2. The van der Waals surface area contributed by atoms with E-state index < -0.39 is 0 Å². The van der Waals surface area contributed by atoms with Gasteiger partial charge in [0, 0.05) is 5.56 Å². The number of thiocarbonyl (C=S) groups is 1. The second-order valence-electron chi connectivity index (χ2n) is 5.52. The number of esters is 1. The van der Waals surface area contributed by atoms with E-state index in [2.05, 4.69) is 9.84 Å². The van der Waals surface area contributed by atoms with E-state index in [1.54, 1.807) is 18.3 Å². The molecule has 0 radical (unpaired) electrons. The minimum Gasteiger partial charge on any atom is -0.488 e. The van der Waals surface area contributed by atoms with Gasteiger partial charge in [0.25, 0.3) is 5.91 Å². The summed E-state index contributed by atoms with van der Waals surface area (Å²) in [6, 6.07) is 14.4. The molecule has 2 aromatic rings. The molecular formula is C19H16N2O4S2. The number of benzene rings is 2. The predicted octanol–water partition coefficient (Wildman–Crippen LogP) is 3.25. The minimum atomic E-state index is -0.378. The molecule has 138 valence electrons. The Hall–Kier alpha value is -2.71. The van der Waals surface area contributed by atoms with Crippen molar-refractivity contribution in [2.75, 3.05) is 12.9 Å². The SMILES string of the molecule is COC(=O)c1ccc(COc2ccccc2C=NN2C(=O)CSC2=S)cc1. The third-order valence-electron chi connectivity index (χ3n) is 3.73. The molecule has 0 aromatic heterocycles. The van der Waals surface area contributed by atoms with Gasteiger partial charge in [-0.1, -0.05) is 48.2 Å². The van der Waals surface area contributed by atoms with Gasteiger partial charge in [0.2, 0.25) is 0 Å². The van der Waals surface area contributed by atoms with Crippen LogP contribution in [0.15, 0.2) is 53.6 Å². The highest BCUT2D eigenvalue weighted by Gasteiger charge is 2.26. The first-order chi connectivity index (χ1) is 13.1. The Labute approximate surface area is 166 Å². The van der Waals surface area contributed by atoms with E-state index in [0.717, 1.165) is 11.1 Å². The summed E-state index contributed by atoms with van der Waals surface area (Å²) in [5.41, 5.74) is 2.12. The number of amides is 1. The summed E-state index contributed by atoms with van der Waals surface area (Å²) in [4.78, 5) is 23.2. The molecule has 2 aromatic carbocycles. The summed E-state index contributed by atoms with van der Waals surface area (Å²) in [6.07, 6.45) is 1.56. The molecule has 0 saturated carbocycles. The second-order valence-corrected chi connectivity index (χ2v) is 7.13. The van der Waals surface area contributed by atoms with Crippen molar-refractivity contribution < 1.29 is 19.1 Å². The van der Waals surface area contributed by atoms with Crippen molar-refractivity contribution in [1.29, 1.82) is 0 Å². The third kappa shape index (κ3) is 4.72. The molecular weight excluding hydrogens is 384 g/mol. The van der Waals surface area contributed by atoms with Crippen LogP contribution in [0.5, 0.6) is 5.75 Å². The summed E-state index contributed by atoms with van der Waals surface area (Å²) in [6.45, 7) is 0.323. The molecule has 0 unspecified atom stereocenters. The zero-order valence-electron chi connectivity index (χ0n) is 14.5. The van der Waals surface area contributed by atoms with Crippen LogP contribution in [0.4, 0.5) is 0 Å². The van der Waals surface area contributed by atoms with Gasteiger partial charge in [-0.2, -0.15) is 10.1 Å². The first-order valence-corrected chi connectivity index (χ1v) is 9.40. The number of hydrazone groups is 1. The van der Waals surface area contributed by atoms with Gasteiger partial charge < -0.3 is 9.47 Å². The molecule has 0 atom stereocenters. The highest BCUT2D eigenvalue weighted by Crippen LogP contribution is 2.21. The number of ether oxygens (including phenoxy) is 2. The van der Waals surface area contributed by atoms with E-state index in [4.69, 9.17) is 17.0 Å². The molecule has 0 N–H and O–H groups in total. The van der Waals surface area contributed by atoms with E-state index in [-0.39, 0.29) is 11.9 Å². The van der Waals surface area contributed by atoms with Crippen LogP contribution in [0.2, 0.25) is 0 Å². The number of hydrogen-bond donors (Lipinski definition) is 0. The molecule has 0 aliphatic carbocycles. The molecule has 1 heterocycles. The van der Waals surface area contributed by atoms with Gasteiger partial charge in [0.15, 0.2) is 4.32 Å². The van der Waals surface area contributed by atoms with Crippen molar-refractivity contribution in [3.8, 4) is 5.75 Å². The lowest BCUT2D eigenvalue weighted by Crippen LogP contribution is -2.22. The quantitative estimate of drug-likeness (QED) is 0.421. The maximum Gasteiger partial charge on any atom is 0.337 e. The van der Waals surface area contributed by atoms with Crippen LogP contribution in [0, 0.1) is 0 Å². The number of carbonyl (C=O) groups excluding carboxylic acids is 2. The van der Waals surface area contributed by atoms with Crippen LogP contribution in [0.3, 0.4) is 0 Å². The number of para-hydroxylation sites is 1. The topological polar surface area (TPSA) is 68.2 Å². The van der Waals surface area contributed by atoms with Crippen molar-refractivity contribution >= 4 is 46.4 Å². The molecule has 1 saturated heterocycles. The molecule has 1 aliphatic heterocycles. The Morgan fingerprint density at radius 1 is 1.26 bits per heavy atom. The van der Waals surface area contributed by atoms with Crippen molar-refractivity contribution in [3.05, 3.63) is 65.2 Å². The maximum atomic E-state index is 11.7. The average molecular weight is 400 g/mol. The van der Waals surface area contributed by atoms with Gasteiger partial charge in [0.05, 0.1) is 24.6 Å². The largest absolute Gasteiger partial charge is 0.488 e. The van der Waals surface area contributed by atoms with E-state index >= 15 is 0 Å². The lowest BCUT2D eigenvalue weighted by molar-refractivity contribution is -0.124. The lowest BCUT2D eigenvalue weighted by atomic mass is 10.1. The fraction of sp³-hybridized carbons (Fsp3) is 0.158. The molecule has 1 aliphatic rings. The first kappa shape index (κ1) is 19.1. The van der Waals surface area contributed by atoms with Crippen molar-refractivity contribution in [3.63, 3.8) is 0 Å². The third-order valence-corrected chi connectivity index (χ3v) is 5.07. The van der Waals surface area contributed by atoms with Gasteiger partial charge >= 0.3 is 5.97 Å². The van der Waals surface area contributed by atoms with Crippen LogP contribution >= 0.6 is 24.0 Å². The van der Waals surface area contributed by atoms with E-state index in [1.165, 1.54) is 23.9 Å². The van der Waals surface area contributed by atoms with Crippen LogP contribution in [0.1, 0.15) is 21.5 Å². The number of thioether (sulfide) groups is 1. The smallest absolute Gasteiger partial charge is 0.337 e. The Balaban J connectivity index is 1.68.